The minimum absolute atomic E-state index is 0.654. The fourth-order valence-electron chi connectivity index (χ4n) is 9.22. The van der Waals surface area contributed by atoms with E-state index in [0.29, 0.717) is 27.7 Å². The molecule has 0 aromatic carbocycles. The van der Waals surface area contributed by atoms with Crippen LogP contribution in [0.25, 0.3) is 0 Å². The highest BCUT2D eigenvalue weighted by atomic mass is 19.4. The zero-order valence-electron chi connectivity index (χ0n) is 36.9. The number of halogens is 26. The Morgan fingerprint density at radius 3 is 0.736 bits per heavy atom. The van der Waals surface area contributed by atoms with E-state index in [1.807, 2.05) is 0 Å². The molecule has 10 nitrogen and oxygen atoms in total. The van der Waals surface area contributed by atoms with Crippen LogP contribution in [-0.2, 0) is 47.4 Å². The highest BCUT2D eigenvalue weighted by Gasteiger charge is 2.95. The third-order valence-corrected chi connectivity index (χ3v) is 12.3. The number of hydrogen-bond donors (Lipinski definition) is 0. The molecule has 6 fully saturated rings. The molecule has 6 heterocycles. The predicted molar refractivity (Wildman–Crippen MR) is 174 cm³/mol. The highest BCUT2D eigenvalue weighted by Crippen LogP contribution is 2.69. The van der Waals surface area contributed by atoms with Gasteiger partial charge < -0.3 is 47.4 Å². The van der Waals surface area contributed by atoms with Crippen molar-refractivity contribution in [1.82, 2.24) is 0 Å². The molecular weight excluding hydrogens is 1090 g/mol. The Morgan fingerprint density at radius 1 is 0.264 bits per heavy atom. The van der Waals surface area contributed by atoms with Crippen molar-refractivity contribution in [3.8, 4) is 0 Å². The summed E-state index contributed by atoms with van der Waals surface area (Å²) in [7, 11) is 0. The Kier molecular flexibility index (Phi) is 12.9. The lowest BCUT2D eigenvalue weighted by Crippen LogP contribution is -2.82. The maximum atomic E-state index is 16.9. The molecular formula is C36H36F26O10. The van der Waals surface area contributed by atoms with Gasteiger partial charge in [0.1, 0.15) is 47.8 Å². The first-order chi connectivity index (χ1) is 31.4. The Labute approximate surface area is 385 Å². The molecule has 0 radical (unpaired) electrons. The smallest absolute Gasteiger partial charge is 0.342 e. The lowest BCUT2D eigenvalue weighted by molar-refractivity contribution is -0.456. The molecule has 10 atom stereocenters. The van der Waals surface area contributed by atoms with E-state index in [0.717, 1.165) is 27.7 Å². The first-order valence-electron chi connectivity index (χ1n) is 20.1. The van der Waals surface area contributed by atoms with Gasteiger partial charge in [0, 0.05) is 0 Å². The number of fused-ring (bicyclic) bond motifs is 6. The summed E-state index contributed by atoms with van der Waals surface area (Å²) in [6.45, 7) is 5.96. The van der Waals surface area contributed by atoms with Gasteiger partial charge in [-0.2, -0.15) is 114 Å². The molecule has 422 valence electrons. The van der Waals surface area contributed by atoms with Gasteiger partial charge in [-0.05, 0) is 55.4 Å². The van der Waals surface area contributed by atoms with E-state index in [1.165, 1.54) is 0 Å². The molecule has 6 rings (SSSR count). The SMILES string of the molecule is CC1(C)O[C@H]2O[C@](CC(F)(F)C(F)(F)C(F)(F)C(F)(F)C(F)(F)C(F)(F)F)([C@]3(CC(F)(F)C(F)(F)C(F)(F)C(F)(F)C(F)(F)C(F)(F)F)O[C@@H]4OC(C)(C)O[C@@H]4[C@H]4OC(C)(C)O[C@H]43)[C@@H]3OC(C)(C)O[C@@H]3[C@H]2O1. The van der Waals surface area contributed by atoms with E-state index in [4.69, 9.17) is 47.4 Å². The topological polar surface area (TPSA) is 92.3 Å². The Bertz CT molecular complexity index is 1950. The van der Waals surface area contributed by atoms with E-state index < -0.39 is 168 Å². The molecule has 0 bridgehead atoms. The molecule has 72 heavy (non-hydrogen) atoms. The van der Waals surface area contributed by atoms with Crippen molar-refractivity contribution in [3.05, 3.63) is 0 Å². The minimum atomic E-state index is -8.77. The van der Waals surface area contributed by atoms with Crippen LogP contribution in [0, 0.1) is 0 Å². The Balaban J connectivity index is 1.74. The van der Waals surface area contributed by atoms with Crippen LogP contribution in [0.4, 0.5) is 114 Å². The molecule has 6 saturated heterocycles. The van der Waals surface area contributed by atoms with Gasteiger partial charge in [0.05, 0.1) is 12.8 Å². The molecule has 36 heteroatoms. The molecule has 0 aromatic rings. The number of ether oxygens (including phenoxy) is 10. The van der Waals surface area contributed by atoms with Crippen LogP contribution in [0.2, 0.25) is 0 Å². The second kappa shape index (κ2) is 15.7. The summed E-state index contributed by atoms with van der Waals surface area (Å²) in [4.78, 5) is 0. The zero-order valence-corrected chi connectivity index (χ0v) is 36.9. The van der Waals surface area contributed by atoms with Crippen LogP contribution >= 0.6 is 0 Å². The zero-order chi connectivity index (χ0) is 56.1. The van der Waals surface area contributed by atoms with Gasteiger partial charge >= 0.3 is 71.6 Å². The summed E-state index contributed by atoms with van der Waals surface area (Å²) in [6, 6.07) is 0. The van der Waals surface area contributed by atoms with Gasteiger partial charge in [-0.15, -0.1) is 0 Å². The van der Waals surface area contributed by atoms with Gasteiger partial charge in [0.2, 0.25) is 0 Å². The molecule has 0 aromatic heterocycles. The summed E-state index contributed by atoms with van der Waals surface area (Å²) in [5.74, 6) is -94.3. The summed E-state index contributed by atoms with van der Waals surface area (Å²) in [6.07, 6.45) is -47.1. The van der Waals surface area contributed by atoms with Crippen LogP contribution in [0.5, 0.6) is 0 Å². The minimum Gasteiger partial charge on any atom is -0.342 e. The molecule has 6 aliphatic heterocycles. The lowest BCUT2D eigenvalue weighted by atomic mass is 9.62. The van der Waals surface area contributed by atoms with Gasteiger partial charge in [0.25, 0.3) is 0 Å². The molecule has 0 saturated carbocycles. The predicted octanol–water partition coefficient (Wildman–Crippen LogP) is 10.8. The summed E-state index contributed by atoms with van der Waals surface area (Å²) >= 11 is 0. The Morgan fingerprint density at radius 2 is 0.486 bits per heavy atom. The van der Waals surface area contributed by atoms with E-state index in [2.05, 4.69) is 0 Å². The quantitative estimate of drug-likeness (QED) is 0.166. The maximum absolute atomic E-state index is 16.9. The second-order valence-corrected chi connectivity index (χ2v) is 19.3. The third-order valence-electron chi connectivity index (χ3n) is 12.3. The molecule has 0 N–H and O–H groups in total. The second-order valence-electron chi connectivity index (χ2n) is 19.3. The van der Waals surface area contributed by atoms with Gasteiger partial charge in [-0.1, -0.05) is 0 Å². The van der Waals surface area contributed by atoms with Crippen LogP contribution in [0.1, 0.15) is 68.2 Å². The van der Waals surface area contributed by atoms with Crippen molar-refractivity contribution in [1.29, 1.82) is 0 Å². The van der Waals surface area contributed by atoms with E-state index in [9.17, 15) is 61.5 Å². The van der Waals surface area contributed by atoms with E-state index in [-0.39, 0.29) is 0 Å². The number of rotatable bonds is 13. The van der Waals surface area contributed by atoms with Crippen LogP contribution in [-0.4, -0.2) is 155 Å². The third kappa shape index (κ3) is 7.97. The molecule has 0 unspecified atom stereocenters. The van der Waals surface area contributed by atoms with Crippen LogP contribution in [0.15, 0.2) is 0 Å². The van der Waals surface area contributed by atoms with Gasteiger partial charge in [-0.3, -0.25) is 0 Å². The lowest BCUT2D eigenvalue weighted by Gasteiger charge is -2.62. The normalized spacial score (nSPS) is 35.8. The van der Waals surface area contributed by atoms with Crippen molar-refractivity contribution in [2.75, 3.05) is 0 Å². The van der Waals surface area contributed by atoms with Crippen molar-refractivity contribution < 1.29 is 162 Å². The average molecular weight is 1120 g/mol. The van der Waals surface area contributed by atoms with Crippen molar-refractivity contribution >= 4 is 0 Å². The van der Waals surface area contributed by atoms with Crippen molar-refractivity contribution in [2.45, 2.75) is 223 Å². The van der Waals surface area contributed by atoms with Gasteiger partial charge in [0.15, 0.2) is 35.7 Å². The number of alkyl halides is 26. The first-order valence-corrected chi connectivity index (χ1v) is 20.1. The first kappa shape index (κ1) is 59.0. The Hall–Kier alpha value is -2.22. The highest BCUT2D eigenvalue weighted by molar-refractivity contribution is 5.27. The molecule has 0 aliphatic carbocycles. The summed E-state index contributed by atoms with van der Waals surface area (Å²) in [5.41, 5.74) is -10.3. The standard InChI is InChI=1S/C36H36F26O10/c1-19(2)63-11-13-17(69-21(5,6)65-13)71-23(15(11)67-19,9-25(37,38)27(41,42)29(45,46)31(49,50)33(53,54)35(57,58)59)24(16-12(64-20(3,4)68-16)14-18(72-24)70-22(7,8)66-14)10-26(39,40)28(43,44)30(47,48)32(51,52)34(55,56)36(60,61)62/h11-18H,9-10H2,1-8H3/t11-,12-,13-,14-,15-,16-,17+,18+,23-,24+/m1/s1. The van der Waals surface area contributed by atoms with Crippen molar-refractivity contribution in [3.63, 3.8) is 0 Å². The summed E-state index contributed by atoms with van der Waals surface area (Å²) < 4.78 is 441. The van der Waals surface area contributed by atoms with Gasteiger partial charge in [-0.25, -0.2) is 0 Å². The summed E-state index contributed by atoms with van der Waals surface area (Å²) in [5, 5.41) is 0. The monoisotopic (exact) mass is 1120 g/mol. The van der Waals surface area contributed by atoms with E-state index >= 15 is 52.7 Å². The number of hydrogen-bond acceptors (Lipinski definition) is 10. The van der Waals surface area contributed by atoms with E-state index in [1.54, 1.807) is 0 Å². The van der Waals surface area contributed by atoms with Crippen molar-refractivity contribution in [2.24, 2.45) is 0 Å². The fraction of sp³-hybridized carbons (Fsp3) is 1.00. The molecule has 0 amide bonds. The maximum Gasteiger partial charge on any atom is 0.460 e. The molecule has 0 spiro atoms. The van der Waals surface area contributed by atoms with Crippen LogP contribution in [0.3, 0.4) is 0 Å². The molecule has 6 aliphatic rings. The van der Waals surface area contributed by atoms with Crippen LogP contribution < -0.4 is 0 Å². The average Bonchev–Trinajstić information content (AvgIpc) is 3.86. The largest absolute Gasteiger partial charge is 0.460 e. The fourth-order valence-corrected chi connectivity index (χ4v) is 9.22.